The molecule has 3 heterocycles. The number of nitrogens with zero attached hydrogens (tertiary/aromatic N) is 3. The lowest BCUT2D eigenvalue weighted by molar-refractivity contribution is 0.0970. The minimum absolute atomic E-state index is 0.168. The largest absolute Gasteiger partial charge is 0.361 e. The highest BCUT2D eigenvalue weighted by Gasteiger charge is 2.46. The van der Waals surface area contributed by atoms with E-state index < -0.39 is 0 Å². The molecule has 0 aliphatic carbocycles. The molecule has 4 rings (SSSR count). The quantitative estimate of drug-likeness (QED) is 0.807. The van der Waals surface area contributed by atoms with Crippen molar-refractivity contribution in [2.75, 3.05) is 31.6 Å². The van der Waals surface area contributed by atoms with Crippen LogP contribution in [0.25, 0.3) is 0 Å². The van der Waals surface area contributed by atoms with Crippen LogP contribution in [-0.4, -0.2) is 42.6 Å². The Kier molecular flexibility index (Phi) is 3.46. The lowest BCUT2D eigenvalue weighted by Gasteiger charge is -2.38. The number of hydrogen-bond acceptors (Lipinski definition) is 4. The molecule has 0 unspecified atom stereocenters. The first-order chi connectivity index (χ1) is 11.5. The fourth-order valence-corrected chi connectivity index (χ4v) is 3.90. The SMILES string of the molecule is Cc1cc(C(=O)N2CC3(CCN(C)CC3)c3cc(F)ccc32)no1. The van der Waals surface area contributed by atoms with Crippen molar-refractivity contribution in [1.29, 1.82) is 0 Å². The summed E-state index contributed by atoms with van der Waals surface area (Å²) in [5.74, 6) is 0.167. The van der Waals surface area contributed by atoms with E-state index in [-0.39, 0.29) is 17.1 Å². The van der Waals surface area contributed by atoms with Gasteiger partial charge in [0, 0.05) is 23.7 Å². The number of aromatic nitrogens is 1. The van der Waals surface area contributed by atoms with E-state index in [1.165, 1.54) is 6.07 Å². The fraction of sp³-hybridized carbons (Fsp3) is 0.444. The van der Waals surface area contributed by atoms with Crippen LogP contribution in [0.2, 0.25) is 0 Å². The van der Waals surface area contributed by atoms with Crippen LogP contribution in [0.3, 0.4) is 0 Å². The van der Waals surface area contributed by atoms with Gasteiger partial charge in [-0.15, -0.1) is 0 Å². The summed E-state index contributed by atoms with van der Waals surface area (Å²) in [6.07, 6.45) is 1.84. The summed E-state index contributed by atoms with van der Waals surface area (Å²) >= 11 is 0. The Morgan fingerprint density at radius 2 is 2.04 bits per heavy atom. The number of rotatable bonds is 1. The molecule has 1 aromatic carbocycles. The van der Waals surface area contributed by atoms with Gasteiger partial charge in [-0.25, -0.2) is 4.39 Å². The van der Waals surface area contributed by atoms with Crippen molar-refractivity contribution in [2.45, 2.75) is 25.2 Å². The molecule has 2 aliphatic rings. The number of aryl methyl sites for hydroxylation is 1. The van der Waals surface area contributed by atoms with Crippen molar-refractivity contribution >= 4 is 11.6 Å². The number of anilines is 1. The molecule has 126 valence electrons. The second-order valence-electron chi connectivity index (χ2n) is 6.96. The standard InChI is InChI=1S/C18H20FN3O2/c1-12-9-15(20-24-12)17(23)22-11-18(5-7-21(2)8-6-18)14-10-13(19)3-4-16(14)22/h3-4,9-10H,5-8,11H2,1-2H3. The van der Waals surface area contributed by atoms with Gasteiger partial charge >= 0.3 is 0 Å². The minimum atomic E-state index is -0.251. The van der Waals surface area contributed by atoms with Gasteiger partial charge in [-0.05, 0) is 63.7 Å². The topological polar surface area (TPSA) is 49.6 Å². The number of carbonyl (C=O) groups excluding carboxylic acids is 1. The zero-order chi connectivity index (χ0) is 16.9. The van der Waals surface area contributed by atoms with Gasteiger partial charge < -0.3 is 14.3 Å². The molecule has 1 aromatic heterocycles. The van der Waals surface area contributed by atoms with E-state index in [1.807, 2.05) is 0 Å². The molecule has 0 bridgehead atoms. The van der Waals surface area contributed by atoms with Crippen molar-refractivity contribution in [3.05, 3.63) is 47.1 Å². The normalized spacial score (nSPS) is 19.7. The van der Waals surface area contributed by atoms with Crippen LogP contribution >= 0.6 is 0 Å². The minimum Gasteiger partial charge on any atom is -0.361 e. The molecule has 1 fully saturated rings. The van der Waals surface area contributed by atoms with E-state index in [1.54, 1.807) is 30.0 Å². The first-order valence-electron chi connectivity index (χ1n) is 8.22. The summed E-state index contributed by atoms with van der Waals surface area (Å²) in [5.41, 5.74) is 1.88. The Balaban J connectivity index is 1.75. The van der Waals surface area contributed by atoms with Gasteiger partial charge in [0.15, 0.2) is 5.69 Å². The zero-order valence-corrected chi connectivity index (χ0v) is 13.9. The van der Waals surface area contributed by atoms with Crippen molar-refractivity contribution in [1.82, 2.24) is 10.1 Å². The van der Waals surface area contributed by atoms with E-state index in [4.69, 9.17) is 4.52 Å². The highest BCUT2D eigenvalue weighted by molar-refractivity contribution is 6.06. The number of likely N-dealkylation sites (tertiary alicyclic amines) is 1. The number of carbonyl (C=O) groups is 1. The number of piperidine rings is 1. The Hall–Kier alpha value is -2.21. The van der Waals surface area contributed by atoms with Crippen molar-refractivity contribution < 1.29 is 13.7 Å². The van der Waals surface area contributed by atoms with Gasteiger partial charge in [0.25, 0.3) is 5.91 Å². The summed E-state index contributed by atoms with van der Waals surface area (Å²) in [5, 5.41) is 3.85. The molecule has 0 N–H and O–H groups in total. The molecular weight excluding hydrogens is 309 g/mol. The summed E-state index contributed by atoms with van der Waals surface area (Å²) in [7, 11) is 2.09. The molecule has 2 aliphatic heterocycles. The monoisotopic (exact) mass is 329 g/mol. The van der Waals surface area contributed by atoms with Gasteiger partial charge in [0.05, 0.1) is 0 Å². The summed E-state index contributed by atoms with van der Waals surface area (Å²) in [6.45, 7) is 4.22. The smallest absolute Gasteiger partial charge is 0.280 e. The fourth-order valence-electron chi connectivity index (χ4n) is 3.90. The maximum Gasteiger partial charge on any atom is 0.280 e. The highest BCUT2D eigenvalue weighted by Crippen LogP contribution is 2.47. The second kappa shape index (κ2) is 5.41. The first kappa shape index (κ1) is 15.3. The third-order valence-electron chi connectivity index (χ3n) is 5.32. The lowest BCUT2D eigenvalue weighted by atomic mass is 9.74. The molecule has 1 saturated heterocycles. The third-order valence-corrected chi connectivity index (χ3v) is 5.32. The Bertz CT molecular complexity index is 793. The predicted octanol–water partition coefficient (Wildman–Crippen LogP) is 2.75. The molecule has 6 heteroatoms. The maximum atomic E-state index is 13.9. The van der Waals surface area contributed by atoms with Crippen LogP contribution in [0.4, 0.5) is 10.1 Å². The Morgan fingerprint density at radius 1 is 1.29 bits per heavy atom. The highest BCUT2D eigenvalue weighted by atomic mass is 19.1. The number of hydrogen-bond donors (Lipinski definition) is 0. The first-order valence-corrected chi connectivity index (χ1v) is 8.22. The van der Waals surface area contributed by atoms with Crippen LogP contribution < -0.4 is 4.90 Å². The number of amides is 1. The zero-order valence-electron chi connectivity index (χ0n) is 13.9. The summed E-state index contributed by atoms with van der Waals surface area (Å²) in [4.78, 5) is 16.9. The van der Waals surface area contributed by atoms with Crippen molar-refractivity contribution in [2.24, 2.45) is 0 Å². The van der Waals surface area contributed by atoms with Gasteiger partial charge in [0.1, 0.15) is 11.6 Å². The Morgan fingerprint density at radius 3 is 2.71 bits per heavy atom. The van der Waals surface area contributed by atoms with Crippen LogP contribution in [-0.2, 0) is 5.41 Å². The van der Waals surface area contributed by atoms with Gasteiger partial charge in [0.2, 0.25) is 0 Å². The summed E-state index contributed by atoms with van der Waals surface area (Å²) in [6, 6.07) is 6.37. The van der Waals surface area contributed by atoms with Gasteiger partial charge in [-0.1, -0.05) is 5.16 Å². The third kappa shape index (κ3) is 2.33. The van der Waals surface area contributed by atoms with Gasteiger partial charge in [-0.3, -0.25) is 4.79 Å². The van der Waals surface area contributed by atoms with Crippen LogP contribution in [0.15, 0.2) is 28.8 Å². The predicted molar refractivity (Wildman–Crippen MR) is 87.7 cm³/mol. The number of fused-ring (bicyclic) bond motifs is 2. The van der Waals surface area contributed by atoms with Crippen LogP contribution in [0, 0.1) is 12.7 Å². The van der Waals surface area contributed by atoms with Crippen LogP contribution in [0.5, 0.6) is 0 Å². The molecule has 0 atom stereocenters. The van der Waals surface area contributed by atoms with Crippen LogP contribution in [0.1, 0.15) is 34.7 Å². The number of halogens is 1. The molecular formula is C18H20FN3O2. The molecule has 2 aromatic rings. The van der Waals surface area contributed by atoms with E-state index >= 15 is 0 Å². The maximum absolute atomic E-state index is 13.9. The Labute approximate surface area is 140 Å². The van der Waals surface area contributed by atoms with Gasteiger partial charge in [-0.2, -0.15) is 0 Å². The molecule has 1 amide bonds. The van der Waals surface area contributed by atoms with Crippen molar-refractivity contribution in [3.63, 3.8) is 0 Å². The average Bonchev–Trinajstić information content (AvgIpc) is 3.13. The molecule has 0 radical (unpaired) electrons. The number of benzene rings is 1. The second-order valence-corrected chi connectivity index (χ2v) is 6.96. The van der Waals surface area contributed by atoms with E-state index in [9.17, 15) is 9.18 Å². The average molecular weight is 329 g/mol. The molecule has 24 heavy (non-hydrogen) atoms. The van der Waals surface area contributed by atoms with E-state index in [2.05, 4.69) is 17.1 Å². The molecule has 0 saturated carbocycles. The van der Waals surface area contributed by atoms with E-state index in [0.717, 1.165) is 37.2 Å². The lowest BCUT2D eigenvalue weighted by Crippen LogP contribution is -2.44. The molecule has 5 nitrogen and oxygen atoms in total. The van der Waals surface area contributed by atoms with E-state index in [0.29, 0.717) is 18.0 Å². The molecule has 1 spiro atoms. The van der Waals surface area contributed by atoms with Crippen molar-refractivity contribution in [3.8, 4) is 0 Å². The summed E-state index contributed by atoms with van der Waals surface area (Å²) < 4.78 is 18.9.